The molecule has 0 bridgehead atoms. The number of hydrogen-bond donors (Lipinski definition) is 1. The third-order valence-electron chi connectivity index (χ3n) is 2.76. The number of thiazole rings is 1. The van der Waals surface area contributed by atoms with Crippen molar-refractivity contribution < 1.29 is 14.5 Å². The Kier molecular flexibility index (Phi) is 4.08. The van der Waals surface area contributed by atoms with E-state index in [0.29, 0.717) is 5.56 Å². The SMILES string of the molecule is CC(=O)c1csc(NC(=O)c2c(C)cccc2[N+](=O)[O-])n1. The molecule has 8 heteroatoms. The van der Waals surface area contributed by atoms with Crippen molar-refractivity contribution in [3.05, 3.63) is 50.5 Å². The van der Waals surface area contributed by atoms with Crippen LogP contribution in [0.4, 0.5) is 10.8 Å². The van der Waals surface area contributed by atoms with Crippen LogP contribution in [0.2, 0.25) is 0 Å². The van der Waals surface area contributed by atoms with Gasteiger partial charge in [0, 0.05) is 18.4 Å². The minimum absolute atomic E-state index is 0.0120. The van der Waals surface area contributed by atoms with Crippen LogP contribution in [-0.2, 0) is 0 Å². The van der Waals surface area contributed by atoms with E-state index in [1.165, 1.54) is 24.4 Å². The van der Waals surface area contributed by atoms with E-state index in [0.717, 1.165) is 11.3 Å². The quantitative estimate of drug-likeness (QED) is 0.531. The standard InChI is InChI=1S/C13H11N3O4S/c1-7-4-3-5-10(16(19)20)11(7)12(18)15-13-14-9(6-21-13)8(2)17/h3-6H,1-2H3,(H,14,15,18). The van der Waals surface area contributed by atoms with E-state index >= 15 is 0 Å². The molecule has 1 N–H and O–H groups in total. The molecule has 2 aromatic rings. The highest BCUT2D eigenvalue weighted by atomic mass is 32.1. The van der Waals surface area contributed by atoms with E-state index in [4.69, 9.17) is 0 Å². The lowest BCUT2D eigenvalue weighted by Crippen LogP contribution is -2.15. The highest BCUT2D eigenvalue weighted by molar-refractivity contribution is 7.14. The van der Waals surface area contributed by atoms with Gasteiger partial charge in [-0.05, 0) is 12.5 Å². The summed E-state index contributed by atoms with van der Waals surface area (Å²) in [6.45, 7) is 2.98. The Bertz CT molecular complexity index is 739. The van der Waals surface area contributed by atoms with Gasteiger partial charge in [-0.2, -0.15) is 0 Å². The van der Waals surface area contributed by atoms with E-state index in [-0.39, 0.29) is 27.9 Å². The predicted molar refractivity (Wildman–Crippen MR) is 77.9 cm³/mol. The Morgan fingerprint density at radius 2 is 2.10 bits per heavy atom. The summed E-state index contributed by atoms with van der Waals surface area (Å²) < 4.78 is 0. The van der Waals surface area contributed by atoms with Crippen LogP contribution >= 0.6 is 11.3 Å². The Morgan fingerprint density at radius 1 is 1.38 bits per heavy atom. The van der Waals surface area contributed by atoms with Crippen LogP contribution in [0.15, 0.2) is 23.6 Å². The Hall–Kier alpha value is -2.61. The molecule has 0 aliphatic carbocycles. The lowest BCUT2D eigenvalue weighted by molar-refractivity contribution is -0.385. The number of nitrogens with zero attached hydrogens (tertiary/aromatic N) is 2. The number of nitro benzene ring substituents is 1. The van der Waals surface area contributed by atoms with Crippen LogP contribution in [0.1, 0.15) is 33.3 Å². The number of Topliss-reactive ketones (excluding diaryl/α,β-unsaturated/α-hetero) is 1. The number of ketones is 1. The number of carbonyl (C=O) groups is 2. The summed E-state index contributed by atoms with van der Waals surface area (Å²) >= 11 is 1.09. The number of carbonyl (C=O) groups excluding carboxylic acids is 2. The van der Waals surface area contributed by atoms with Gasteiger partial charge in [-0.3, -0.25) is 25.0 Å². The zero-order valence-corrected chi connectivity index (χ0v) is 12.1. The second-order valence-electron chi connectivity index (χ2n) is 4.27. The first-order chi connectivity index (χ1) is 9.90. The molecule has 1 heterocycles. The fourth-order valence-electron chi connectivity index (χ4n) is 1.75. The Labute approximate surface area is 123 Å². The van der Waals surface area contributed by atoms with Crippen LogP contribution in [-0.4, -0.2) is 21.6 Å². The van der Waals surface area contributed by atoms with E-state index in [1.807, 2.05) is 0 Å². The zero-order valence-electron chi connectivity index (χ0n) is 11.2. The summed E-state index contributed by atoms with van der Waals surface area (Å²) in [6, 6.07) is 4.40. The van der Waals surface area contributed by atoms with Gasteiger partial charge in [-0.1, -0.05) is 12.1 Å². The van der Waals surface area contributed by atoms with Crippen LogP contribution < -0.4 is 5.32 Å². The maximum atomic E-state index is 12.2. The molecule has 0 saturated heterocycles. The van der Waals surface area contributed by atoms with Gasteiger partial charge in [-0.15, -0.1) is 11.3 Å². The van der Waals surface area contributed by atoms with Gasteiger partial charge < -0.3 is 0 Å². The summed E-state index contributed by atoms with van der Waals surface area (Å²) in [6.07, 6.45) is 0. The highest BCUT2D eigenvalue weighted by Crippen LogP contribution is 2.24. The summed E-state index contributed by atoms with van der Waals surface area (Å²) in [5.74, 6) is -0.835. The van der Waals surface area contributed by atoms with Gasteiger partial charge >= 0.3 is 0 Å². The van der Waals surface area contributed by atoms with Crippen molar-refractivity contribution in [2.45, 2.75) is 13.8 Å². The summed E-state index contributed by atoms with van der Waals surface area (Å²) in [5, 5.41) is 15.2. The summed E-state index contributed by atoms with van der Waals surface area (Å²) in [5.41, 5.74) is 0.456. The van der Waals surface area contributed by atoms with Gasteiger partial charge in [-0.25, -0.2) is 4.98 Å². The van der Waals surface area contributed by atoms with Crippen LogP contribution in [0.25, 0.3) is 0 Å². The van der Waals surface area contributed by atoms with Gasteiger partial charge in [0.2, 0.25) is 0 Å². The molecule has 1 aromatic heterocycles. The first-order valence-electron chi connectivity index (χ1n) is 5.92. The average molecular weight is 305 g/mol. The first-order valence-corrected chi connectivity index (χ1v) is 6.80. The smallest absolute Gasteiger partial charge is 0.282 e. The van der Waals surface area contributed by atoms with Crippen LogP contribution in [0, 0.1) is 17.0 Å². The number of aryl methyl sites for hydroxylation is 1. The number of rotatable bonds is 4. The maximum absolute atomic E-state index is 12.2. The minimum atomic E-state index is -0.621. The maximum Gasteiger partial charge on any atom is 0.282 e. The first kappa shape index (κ1) is 14.8. The van der Waals surface area contributed by atoms with Gasteiger partial charge in [0.25, 0.3) is 11.6 Å². The summed E-state index contributed by atoms with van der Waals surface area (Å²) in [4.78, 5) is 37.7. The number of benzene rings is 1. The fraction of sp³-hybridized carbons (Fsp3) is 0.154. The number of aromatic nitrogens is 1. The molecule has 2 rings (SSSR count). The van der Waals surface area contributed by atoms with Crippen molar-refractivity contribution in [3.8, 4) is 0 Å². The zero-order chi connectivity index (χ0) is 15.6. The molecule has 108 valence electrons. The molecule has 0 aliphatic heterocycles. The topological polar surface area (TPSA) is 102 Å². The lowest BCUT2D eigenvalue weighted by atomic mass is 10.1. The average Bonchev–Trinajstić information content (AvgIpc) is 2.86. The van der Waals surface area contributed by atoms with Crippen LogP contribution in [0.3, 0.4) is 0 Å². The third kappa shape index (κ3) is 3.11. The molecule has 1 amide bonds. The molecule has 0 atom stereocenters. The summed E-state index contributed by atoms with van der Waals surface area (Å²) in [7, 11) is 0. The predicted octanol–water partition coefficient (Wildman–Crippen LogP) is 2.81. The molecule has 0 aliphatic rings. The number of hydrogen-bond acceptors (Lipinski definition) is 6. The molecule has 0 saturated carbocycles. The molecule has 0 unspecified atom stereocenters. The van der Waals surface area contributed by atoms with Crippen LogP contribution in [0.5, 0.6) is 0 Å². The van der Waals surface area contributed by atoms with E-state index in [2.05, 4.69) is 10.3 Å². The molecule has 0 spiro atoms. The monoisotopic (exact) mass is 305 g/mol. The third-order valence-corrected chi connectivity index (χ3v) is 3.52. The number of amides is 1. The number of nitro groups is 1. The van der Waals surface area contributed by atoms with Crippen molar-refractivity contribution in [1.29, 1.82) is 0 Å². The molecule has 0 radical (unpaired) electrons. The van der Waals surface area contributed by atoms with Gasteiger partial charge in [0.15, 0.2) is 10.9 Å². The van der Waals surface area contributed by atoms with Crippen molar-refractivity contribution in [1.82, 2.24) is 4.98 Å². The normalized spacial score (nSPS) is 10.2. The van der Waals surface area contributed by atoms with Crippen molar-refractivity contribution in [2.24, 2.45) is 0 Å². The highest BCUT2D eigenvalue weighted by Gasteiger charge is 2.23. The molecule has 7 nitrogen and oxygen atoms in total. The van der Waals surface area contributed by atoms with E-state index in [1.54, 1.807) is 13.0 Å². The molecule has 1 aromatic carbocycles. The molecular weight excluding hydrogens is 294 g/mol. The number of nitrogens with one attached hydrogen (secondary N) is 1. The Balaban J connectivity index is 2.32. The largest absolute Gasteiger partial charge is 0.298 e. The lowest BCUT2D eigenvalue weighted by Gasteiger charge is -2.05. The van der Waals surface area contributed by atoms with Crippen molar-refractivity contribution in [2.75, 3.05) is 5.32 Å². The van der Waals surface area contributed by atoms with Crippen molar-refractivity contribution in [3.63, 3.8) is 0 Å². The minimum Gasteiger partial charge on any atom is -0.298 e. The number of anilines is 1. The van der Waals surface area contributed by atoms with E-state index in [9.17, 15) is 19.7 Å². The van der Waals surface area contributed by atoms with Gasteiger partial charge in [0.1, 0.15) is 11.3 Å². The molecular formula is C13H11N3O4S. The fourth-order valence-corrected chi connectivity index (χ4v) is 2.50. The molecule has 21 heavy (non-hydrogen) atoms. The van der Waals surface area contributed by atoms with Gasteiger partial charge in [0.05, 0.1) is 4.92 Å². The second kappa shape index (κ2) is 5.80. The van der Waals surface area contributed by atoms with Crippen molar-refractivity contribution >= 4 is 33.8 Å². The van der Waals surface area contributed by atoms with E-state index < -0.39 is 10.8 Å². The Morgan fingerprint density at radius 3 is 2.67 bits per heavy atom. The second-order valence-corrected chi connectivity index (χ2v) is 5.13. The molecule has 0 fully saturated rings.